The Balaban J connectivity index is 1.07. The van der Waals surface area contributed by atoms with Crippen LogP contribution in [0.5, 0.6) is 0 Å². The van der Waals surface area contributed by atoms with E-state index in [1.54, 1.807) is 0 Å². The number of para-hydroxylation sites is 3. The number of nitrogens with zero attached hydrogens (tertiary/aromatic N) is 2. The summed E-state index contributed by atoms with van der Waals surface area (Å²) in [6.07, 6.45) is 0.940. The van der Waals surface area contributed by atoms with Gasteiger partial charge in [-0.25, -0.2) is 0 Å². The van der Waals surface area contributed by atoms with Gasteiger partial charge >= 0.3 is 0 Å². The fraction of sp³-hybridized carbons (Fsp3) is 0.0204. The molecule has 246 valence electrons. The van der Waals surface area contributed by atoms with Crippen LogP contribution in [0.4, 0.5) is 34.1 Å². The lowest BCUT2D eigenvalue weighted by molar-refractivity contribution is 0.631. The SMILES string of the molecule is c1ccc(-c2ccc3c(c2)B2c4cccc5c4N(c4ccccc4C5)c4cccc(c42)N3c2ccc3cc(-c4cc5ccccc5o4)ccc3c2)cc1. The second-order valence-corrected chi connectivity index (χ2v) is 14.5. The van der Waals surface area contributed by atoms with Gasteiger partial charge in [-0.05, 0) is 104 Å². The highest BCUT2D eigenvalue weighted by Crippen LogP contribution is 2.48. The van der Waals surface area contributed by atoms with Gasteiger partial charge in [-0.1, -0.05) is 121 Å². The Labute approximate surface area is 308 Å². The van der Waals surface area contributed by atoms with Crippen molar-refractivity contribution in [2.45, 2.75) is 6.42 Å². The normalized spacial score (nSPS) is 13.5. The minimum atomic E-state index is 0.0967. The third-order valence-corrected chi connectivity index (χ3v) is 11.6. The Bertz CT molecular complexity index is 2930. The van der Waals surface area contributed by atoms with E-state index >= 15 is 0 Å². The molecule has 0 fully saturated rings. The van der Waals surface area contributed by atoms with Crippen molar-refractivity contribution in [2.75, 3.05) is 9.80 Å². The molecule has 0 aliphatic carbocycles. The second kappa shape index (κ2) is 10.9. The van der Waals surface area contributed by atoms with Gasteiger partial charge in [0.1, 0.15) is 11.3 Å². The molecule has 4 heteroatoms. The molecule has 12 rings (SSSR count). The molecule has 0 amide bonds. The summed E-state index contributed by atoms with van der Waals surface area (Å²) in [5, 5.41) is 3.49. The van der Waals surface area contributed by atoms with Crippen LogP contribution in [0.2, 0.25) is 0 Å². The van der Waals surface area contributed by atoms with E-state index in [-0.39, 0.29) is 6.71 Å². The Morgan fingerprint density at radius 2 is 1.17 bits per heavy atom. The Morgan fingerprint density at radius 3 is 2.09 bits per heavy atom. The first-order valence-corrected chi connectivity index (χ1v) is 18.4. The summed E-state index contributed by atoms with van der Waals surface area (Å²) in [6, 6.07) is 64.5. The Morgan fingerprint density at radius 1 is 0.434 bits per heavy atom. The lowest BCUT2D eigenvalue weighted by Gasteiger charge is -2.46. The standard InChI is InChI=1S/C49H31BN2O/c1-2-10-31(11-3-1)34-23-25-43-41(29-34)50-40-15-8-14-38-27-35-12-4-6-16-42(35)52(49(38)40)45-18-9-17-44(48(45)50)51(43)39-24-22-32-26-37(21-20-33(32)28-39)47-30-36-13-5-7-19-46(36)53-47/h1-26,28-30H,27H2. The first-order chi connectivity index (χ1) is 26.3. The fourth-order valence-corrected chi connectivity index (χ4v) is 9.28. The third kappa shape index (κ3) is 4.18. The van der Waals surface area contributed by atoms with E-state index in [0.29, 0.717) is 0 Å². The quantitative estimate of drug-likeness (QED) is 0.174. The number of anilines is 6. The molecular weight excluding hydrogens is 643 g/mol. The van der Waals surface area contributed by atoms with Crippen molar-refractivity contribution >= 4 is 79.0 Å². The van der Waals surface area contributed by atoms with E-state index in [2.05, 4.69) is 174 Å². The number of fused-ring (bicyclic) bond motifs is 8. The van der Waals surface area contributed by atoms with Crippen LogP contribution < -0.4 is 26.2 Å². The summed E-state index contributed by atoms with van der Waals surface area (Å²) in [4.78, 5) is 5.04. The van der Waals surface area contributed by atoms with Crippen molar-refractivity contribution in [3.05, 3.63) is 187 Å². The van der Waals surface area contributed by atoms with Gasteiger partial charge < -0.3 is 14.2 Å². The maximum atomic E-state index is 6.24. The van der Waals surface area contributed by atoms with Crippen molar-refractivity contribution in [3.8, 4) is 22.5 Å². The van der Waals surface area contributed by atoms with Gasteiger partial charge in [0, 0.05) is 51.5 Å². The Kier molecular flexibility index (Phi) is 5.92. The minimum absolute atomic E-state index is 0.0967. The van der Waals surface area contributed by atoms with Gasteiger partial charge in [0.05, 0.1) is 0 Å². The van der Waals surface area contributed by atoms with E-state index in [0.717, 1.165) is 34.4 Å². The van der Waals surface area contributed by atoms with Gasteiger partial charge in [-0.3, -0.25) is 0 Å². The summed E-state index contributed by atoms with van der Waals surface area (Å²) < 4.78 is 6.24. The number of hydrogen-bond donors (Lipinski definition) is 0. The summed E-state index contributed by atoms with van der Waals surface area (Å²) in [5.74, 6) is 0.890. The highest BCUT2D eigenvalue weighted by Gasteiger charge is 2.45. The van der Waals surface area contributed by atoms with E-state index in [4.69, 9.17) is 4.42 Å². The molecule has 3 nitrogen and oxygen atoms in total. The van der Waals surface area contributed by atoms with E-state index in [1.165, 1.54) is 77.9 Å². The molecule has 3 aliphatic heterocycles. The molecule has 0 N–H and O–H groups in total. The van der Waals surface area contributed by atoms with Crippen LogP contribution in [0.15, 0.2) is 180 Å². The zero-order valence-corrected chi connectivity index (χ0v) is 28.8. The summed E-state index contributed by atoms with van der Waals surface area (Å²) >= 11 is 0. The average Bonchev–Trinajstić information content (AvgIpc) is 3.66. The maximum Gasteiger partial charge on any atom is 0.252 e. The number of benzene rings is 8. The summed E-state index contributed by atoms with van der Waals surface area (Å²) in [6.45, 7) is 0.0967. The van der Waals surface area contributed by atoms with Crippen molar-refractivity contribution < 1.29 is 4.42 Å². The van der Waals surface area contributed by atoms with Crippen LogP contribution >= 0.6 is 0 Å². The van der Waals surface area contributed by atoms with Crippen molar-refractivity contribution in [2.24, 2.45) is 0 Å². The van der Waals surface area contributed by atoms with Gasteiger partial charge in [-0.15, -0.1) is 0 Å². The maximum absolute atomic E-state index is 6.24. The zero-order chi connectivity index (χ0) is 34.6. The summed E-state index contributed by atoms with van der Waals surface area (Å²) in [7, 11) is 0. The molecule has 8 aromatic carbocycles. The highest BCUT2D eigenvalue weighted by atomic mass is 16.3. The third-order valence-electron chi connectivity index (χ3n) is 11.6. The lowest BCUT2D eigenvalue weighted by atomic mass is 9.33. The molecule has 0 saturated carbocycles. The van der Waals surface area contributed by atoms with Crippen molar-refractivity contribution in [1.29, 1.82) is 0 Å². The summed E-state index contributed by atoms with van der Waals surface area (Å²) in [5.41, 5.74) is 18.7. The largest absolute Gasteiger partial charge is 0.456 e. The van der Waals surface area contributed by atoms with Gasteiger partial charge in [0.15, 0.2) is 0 Å². The lowest BCUT2D eigenvalue weighted by Crippen LogP contribution is -2.61. The molecule has 3 aliphatic rings. The highest BCUT2D eigenvalue weighted by molar-refractivity contribution is 7.00. The van der Waals surface area contributed by atoms with Crippen LogP contribution in [0.25, 0.3) is 44.2 Å². The molecule has 0 spiro atoms. The van der Waals surface area contributed by atoms with Crippen molar-refractivity contribution in [1.82, 2.24) is 0 Å². The Hall–Kier alpha value is -6.78. The van der Waals surface area contributed by atoms with Crippen LogP contribution in [-0.2, 0) is 6.42 Å². The van der Waals surface area contributed by atoms with E-state index < -0.39 is 0 Å². The number of furan rings is 1. The van der Waals surface area contributed by atoms with Gasteiger partial charge in [-0.2, -0.15) is 0 Å². The monoisotopic (exact) mass is 674 g/mol. The smallest absolute Gasteiger partial charge is 0.252 e. The number of hydrogen-bond acceptors (Lipinski definition) is 3. The van der Waals surface area contributed by atoms with Crippen LogP contribution in [0.3, 0.4) is 0 Å². The first-order valence-electron chi connectivity index (χ1n) is 18.4. The van der Waals surface area contributed by atoms with Crippen molar-refractivity contribution in [3.63, 3.8) is 0 Å². The van der Waals surface area contributed by atoms with Gasteiger partial charge in [0.2, 0.25) is 0 Å². The molecule has 0 radical (unpaired) electrons. The van der Waals surface area contributed by atoms with Crippen LogP contribution in [0, 0.1) is 0 Å². The van der Waals surface area contributed by atoms with E-state index in [1.807, 2.05) is 12.1 Å². The number of rotatable bonds is 3. The predicted molar refractivity (Wildman–Crippen MR) is 221 cm³/mol. The molecule has 0 bridgehead atoms. The predicted octanol–water partition coefficient (Wildman–Crippen LogP) is 10.9. The molecule has 9 aromatic rings. The van der Waals surface area contributed by atoms with E-state index in [9.17, 15) is 0 Å². The molecule has 1 aromatic heterocycles. The molecule has 53 heavy (non-hydrogen) atoms. The van der Waals surface area contributed by atoms with Crippen LogP contribution in [0.1, 0.15) is 11.1 Å². The molecule has 0 unspecified atom stereocenters. The van der Waals surface area contributed by atoms with Crippen LogP contribution in [-0.4, -0.2) is 6.71 Å². The average molecular weight is 675 g/mol. The minimum Gasteiger partial charge on any atom is -0.456 e. The molecule has 0 saturated heterocycles. The second-order valence-electron chi connectivity index (χ2n) is 14.5. The molecule has 0 atom stereocenters. The molecular formula is C49H31BN2O. The first kappa shape index (κ1) is 28.9. The topological polar surface area (TPSA) is 19.6 Å². The zero-order valence-electron chi connectivity index (χ0n) is 28.8. The van der Waals surface area contributed by atoms with Gasteiger partial charge in [0.25, 0.3) is 6.71 Å². The molecule has 4 heterocycles. The fourth-order valence-electron chi connectivity index (χ4n) is 9.28.